The first kappa shape index (κ1) is 34.1. The molecule has 1 saturated heterocycles. The number of carbonyl (C=O) groups excluding carboxylic acids is 1. The van der Waals surface area contributed by atoms with E-state index in [0.29, 0.717) is 25.2 Å². The summed E-state index contributed by atoms with van der Waals surface area (Å²) < 4.78 is 98.2. The molecule has 11 heteroatoms. The summed E-state index contributed by atoms with van der Waals surface area (Å²) >= 11 is 0. The number of alkyl carbamates (subject to hydrolysis) is 1. The van der Waals surface area contributed by atoms with Crippen molar-refractivity contribution < 1.29 is 45.3 Å². The van der Waals surface area contributed by atoms with E-state index in [4.69, 9.17) is 14.2 Å². The number of ether oxygens (including phenoxy) is 3. The Morgan fingerprint density at radius 2 is 1.47 bits per heavy atom. The van der Waals surface area contributed by atoms with Gasteiger partial charge >= 0.3 is 18.4 Å². The van der Waals surface area contributed by atoms with Gasteiger partial charge in [-0.2, -0.15) is 26.3 Å². The molecule has 242 valence electrons. The highest BCUT2D eigenvalue weighted by Crippen LogP contribution is 2.40. The van der Waals surface area contributed by atoms with E-state index < -0.39 is 47.3 Å². The Balaban J connectivity index is 1.65. The van der Waals surface area contributed by atoms with E-state index in [0.717, 1.165) is 24.1 Å². The number of halogens is 6. The van der Waals surface area contributed by atoms with Crippen LogP contribution in [0.5, 0.6) is 0 Å². The molecule has 45 heavy (non-hydrogen) atoms. The maximum Gasteiger partial charge on any atom is 0.416 e. The largest absolute Gasteiger partial charge is 0.445 e. The third-order valence-electron chi connectivity index (χ3n) is 7.60. The average molecular weight is 636 g/mol. The molecule has 1 aliphatic rings. The lowest BCUT2D eigenvalue weighted by molar-refractivity contribution is -0.175. The zero-order chi connectivity index (χ0) is 32.5. The fourth-order valence-corrected chi connectivity index (χ4v) is 5.10. The van der Waals surface area contributed by atoms with Crippen molar-refractivity contribution in [3.8, 4) is 0 Å². The van der Waals surface area contributed by atoms with Crippen molar-refractivity contribution in [3.05, 3.63) is 119 Å². The van der Waals surface area contributed by atoms with Crippen molar-refractivity contribution >= 4 is 6.09 Å². The predicted molar refractivity (Wildman–Crippen MR) is 156 cm³/mol. The minimum Gasteiger partial charge on any atom is -0.445 e. The van der Waals surface area contributed by atoms with E-state index in [1.54, 1.807) is 61.5 Å². The average Bonchev–Trinajstić information content (AvgIpc) is 3.03. The summed E-state index contributed by atoms with van der Waals surface area (Å²) in [7, 11) is 0. The topological polar surface area (TPSA) is 56.8 Å². The molecule has 0 bridgehead atoms. The van der Waals surface area contributed by atoms with Crippen molar-refractivity contribution in [2.75, 3.05) is 13.2 Å². The minimum atomic E-state index is -4.96. The Morgan fingerprint density at radius 1 is 0.889 bits per heavy atom. The molecular weight excluding hydrogens is 600 g/mol. The normalized spacial score (nSPS) is 16.7. The monoisotopic (exact) mass is 635 g/mol. The highest BCUT2D eigenvalue weighted by molar-refractivity contribution is 5.69. The first-order valence-corrected chi connectivity index (χ1v) is 14.6. The fourth-order valence-electron chi connectivity index (χ4n) is 5.10. The summed E-state index contributed by atoms with van der Waals surface area (Å²) in [6.07, 6.45) is -6.24. The molecule has 4 rings (SSSR count). The molecule has 1 heterocycles. The van der Waals surface area contributed by atoms with Gasteiger partial charge in [0.05, 0.1) is 29.9 Å². The number of nitrogens with one attached hydrogen (secondary N) is 1. The molecule has 3 aromatic rings. The molecule has 3 aromatic carbocycles. The molecule has 1 N–H and O–H groups in total. The summed E-state index contributed by atoms with van der Waals surface area (Å²) in [6, 6.07) is 19.6. The number of amides is 1. The number of alkyl halides is 6. The Labute approximate surface area is 258 Å². The SMILES string of the molecule is C[C@@H](CC[C@@](/C=C\CC1OCCCO1)(NC(=O)OCc1ccccc1)c1ccccc1)c1cc(C(F)(F)F)cc(C(F)(F)F)c1. The summed E-state index contributed by atoms with van der Waals surface area (Å²) in [6.45, 7) is 2.64. The zero-order valence-corrected chi connectivity index (χ0v) is 24.7. The zero-order valence-electron chi connectivity index (χ0n) is 24.7. The first-order chi connectivity index (χ1) is 21.4. The molecule has 5 nitrogen and oxygen atoms in total. The standard InChI is InChI=1S/C34H35F6NO4/c1-24(26-20-28(33(35,36)37)22-29(21-26)34(38,39)40)15-17-32(27-12-6-3-7-13-27,16-8-14-30-43-18-9-19-44-30)41-31(42)45-23-25-10-4-2-5-11-25/h2-8,10-13,16,20-22,24,30H,9,14-15,17-19,23H2,1H3,(H,41,42)/b16-8-/t24-,32+/m0/s1. The molecule has 0 spiro atoms. The molecular formula is C34H35F6NO4. The van der Waals surface area contributed by atoms with Crippen molar-refractivity contribution in [3.63, 3.8) is 0 Å². The maximum absolute atomic E-state index is 13.6. The van der Waals surface area contributed by atoms with Gasteiger partial charge in [0, 0.05) is 6.42 Å². The quantitative estimate of drug-likeness (QED) is 0.169. The Kier molecular flexibility index (Phi) is 11.3. The summed E-state index contributed by atoms with van der Waals surface area (Å²) in [5.74, 6) is -0.739. The first-order valence-electron chi connectivity index (χ1n) is 14.6. The predicted octanol–water partition coefficient (Wildman–Crippen LogP) is 9.14. The van der Waals surface area contributed by atoms with Crippen molar-refractivity contribution in [2.24, 2.45) is 0 Å². The summed E-state index contributed by atoms with van der Waals surface area (Å²) in [5.41, 5.74) is -2.67. The van der Waals surface area contributed by atoms with Crippen LogP contribution in [0.4, 0.5) is 31.1 Å². The van der Waals surface area contributed by atoms with Gasteiger partial charge in [-0.1, -0.05) is 79.7 Å². The lowest BCUT2D eigenvalue weighted by atomic mass is 9.81. The van der Waals surface area contributed by atoms with Gasteiger partial charge in [-0.15, -0.1) is 0 Å². The second-order valence-electron chi connectivity index (χ2n) is 11.0. The van der Waals surface area contributed by atoms with Crippen molar-refractivity contribution in [1.29, 1.82) is 0 Å². The van der Waals surface area contributed by atoms with Gasteiger partial charge in [0.15, 0.2) is 6.29 Å². The van der Waals surface area contributed by atoms with Gasteiger partial charge in [-0.25, -0.2) is 4.79 Å². The minimum absolute atomic E-state index is 0.00807. The van der Waals surface area contributed by atoms with E-state index in [1.807, 2.05) is 18.2 Å². The van der Waals surface area contributed by atoms with E-state index in [-0.39, 0.29) is 31.1 Å². The highest BCUT2D eigenvalue weighted by Gasteiger charge is 2.38. The summed E-state index contributed by atoms with van der Waals surface area (Å²) in [4.78, 5) is 13.2. The number of hydrogen-bond donors (Lipinski definition) is 1. The van der Waals surface area contributed by atoms with E-state index in [1.165, 1.54) is 0 Å². The van der Waals surface area contributed by atoms with Crippen LogP contribution in [0.15, 0.2) is 91.0 Å². The van der Waals surface area contributed by atoms with Crippen LogP contribution < -0.4 is 5.32 Å². The fraction of sp³-hybridized carbons (Fsp3) is 0.382. The third kappa shape index (κ3) is 9.83. The van der Waals surface area contributed by atoms with Crippen molar-refractivity contribution in [1.82, 2.24) is 5.32 Å². The molecule has 2 atom stereocenters. The Morgan fingerprint density at radius 3 is 2.04 bits per heavy atom. The third-order valence-corrected chi connectivity index (χ3v) is 7.60. The Bertz CT molecular complexity index is 1370. The van der Waals surface area contributed by atoms with E-state index >= 15 is 0 Å². The van der Waals surface area contributed by atoms with Crippen molar-refractivity contribution in [2.45, 2.75) is 69.3 Å². The van der Waals surface area contributed by atoms with Gasteiger partial charge in [-0.3, -0.25) is 0 Å². The lowest BCUT2D eigenvalue weighted by Crippen LogP contribution is -2.45. The number of hydrogen-bond acceptors (Lipinski definition) is 4. The maximum atomic E-state index is 13.6. The van der Waals surface area contributed by atoms with Crippen LogP contribution in [-0.2, 0) is 38.7 Å². The molecule has 0 unspecified atom stereocenters. The second kappa shape index (κ2) is 15.0. The molecule has 0 aromatic heterocycles. The van der Waals surface area contributed by atoms with Gasteiger partial charge in [0.25, 0.3) is 0 Å². The molecule has 1 fully saturated rings. The smallest absolute Gasteiger partial charge is 0.416 e. The van der Waals surface area contributed by atoms with Crippen LogP contribution >= 0.6 is 0 Å². The molecule has 0 radical (unpaired) electrons. The lowest BCUT2D eigenvalue weighted by Gasteiger charge is -2.34. The molecule has 0 aliphatic carbocycles. The molecule has 0 saturated carbocycles. The van der Waals surface area contributed by atoms with Crippen LogP contribution in [0.2, 0.25) is 0 Å². The van der Waals surface area contributed by atoms with Crippen LogP contribution in [0.25, 0.3) is 0 Å². The van der Waals surface area contributed by atoms with Gasteiger partial charge in [0.2, 0.25) is 0 Å². The molecule has 1 amide bonds. The second-order valence-corrected chi connectivity index (χ2v) is 11.0. The highest BCUT2D eigenvalue weighted by atomic mass is 19.4. The number of carbonyl (C=O) groups is 1. The molecule has 1 aliphatic heterocycles. The van der Waals surface area contributed by atoms with Crippen LogP contribution in [0.1, 0.15) is 66.3 Å². The van der Waals surface area contributed by atoms with Crippen LogP contribution in [0.3, 0.4) is 0 Å². The van der Waals surface area contributed by atoms with Gasteiger partial charge < -0.3 is 19.5 Å². The number of benzene rings is 3. The Hall–Kier alpha value is -3.83. The van der Waals surface area contributed by atoms with E-state index in [2.05, 4.69) is 5.32 Å². The van der Waals surface area contributed by atoms with Crippen LogP contribution in [-0.4, -0.2) is 25.6 Å². The van der Waals surface area contributed by atoms with E-state index in [9.17, 15) is 31.1 Å². The van der Waals surface area contributed by atoms with Gasteiger partial charge in [-0.05, 0) is 60.1 Å². The van der Waals surface area contributed by atoms with Gasteiger partial charge in [0.1, 0.15) is 6.61 Å². The summed E-state index contributed by atoms with van der Waals surface area (Å²) in [5, 5.41) is 2.94. The van der Waals surface area contributed by atoms with Crippen LogP contribution in [0, 0.1) is 0 Å². The number of rotatable bonds is 11.